The van der Waals surface area contributed by atoms with Gasteiger partial charge in [-0.3, -0.25) is 0 Å². The number of aromatic nitrogens is 1. The van der Waals surface area contributed by atoms with Crippen molar-refractivity contribution in [2.24, 2.45) is 5.92 Å². The van der Waals surface area contributed by atoms with E-state index >= 15 is 0 Å². The van der Waals surface area contributed by atoms with E-state index in [2.05, 4.69) is 67.9 Å². The van der Waals surface area contributed by atoms with Crippen LogP contribution >= 0.6 is 0 Å². The van der Waals surface area contributed by atoms with Crippen molar-refractivity contribution in [1.29, 1.82) is 0 Å². The second-order valence-electron chi connectivity index (χ2n) is 7.12. The lowest BCUT2D eigenvalue weighted by molar-refractivity contribution is -0.910. The van der Waals surface area contributed by atoms with E-state index in [1.54, 1.807) is 0 Å². The number of benzene rings is 1. The van der Waals surface area contributed by atoms with Crippen LogP contribution in [0.4, 0.5) is 0 Å². The predicted molar refractivity (Wildman–Crippen MR) is 101 cm³/mol. The van der Waals surface area contributed by atoms with Gasteiger partial charge in [0, 0.05) is 18.7 Å². The first kappa shape index (κ1) is 19.3. The molecule has 1 atom stereocenters. The molecule has 0 aliphatic carbocycles. The smallest absolute Gasteiger partial charge is 0.361 e. The number of ether oxygens (including phenoxy) is 1. The van der Waals surface area contributed by atoms with Gasteiger partial charge in [-0.25, -0.2) is 4.79 Å². The number of carbonyl (C=O) groups excluding carboxylic acids is 1. The Balaban J connectivity index is 2.08. The summed E-state index contributed by atoms with van der Waals surface area (Å²) in [7, 11) is 0. The van der Waals surface area contributed by atoms with Gasteiger partial charge >= 0.3 is 5.97 Å². The number of hydrogen-bond donors (Lipinski definition) is 1. The molecule has 1 N–H and O–H groups in total. The van der Waals surface area contributed by atoms with Crippen LogP contribution in [0.25, 0.3) is 0 Å². The van der Waals surface area contributed by atoms with Crippen LogP contribution in [0.15, 0.2) is 42.6 Å². The zero-order chi connectivity index (χ0) is 18.2. The highest BCUT2D eigenvalue weighted by Crippen LogP contribution is 2.09. The molecule has 2 rings (SSSR count). The van der Waals surface area contributed by atoms with E-state index < -0.39 is 0 Å². The van der Waals surface area contributed by atoms with Crippen molar-refractivity contribution in [2.45, 2.75) is 40.8 Å². The molecule has 0 spiro atoms. The van der Waals surface area contributed by atoms with Gasteiger partial charge in [0.1, 0.15) is 6.54 Å². The largest absolute Gasteiger partial charge is 0.462 e. The van der Waals surface area contributed by atoms with Gasteiger partial charge in [0.25, 0.3) is 0 Å². The second-order valence-corrected chi connectivity index (χ2v) is 7.12. The van der Waals surface area contributed by atoms with Crippen molar-refractivity contribution < 1.29 is 14.4 Å². The van der Waals surface area contributed by atoms with Crippen molar-refractivity contribution in [1.82, 2.24) is 4.57 Å². The standard InChI is InChI=1S/C21H30N2O2/c1-5-25-21(24)16-22(13-17(2)3)15-20-10-7-11-23(20)14-19-9-6-8-18(4)12-19/h6-12,17H,5,13-16H2,1-4H3/p+1. The molecule has 136 valence electrons. The first-order chi connectivity index (χ1) is 12.0. The molecule has 0 amide bonds. The van der Waals surface area contributed by atoms with Gasteiger partial charge in [-0.2, -0.15) is 0 Å². The average molecular weight is 343 g/mol. The van der Waals surface area contributed by atoms with Crippen LogP contribution in [0.1, 0.15) is 37.6 Å². The molecule has 1 aromatic heterocycles. The molecule has 25 heavy (non-hydrogen) atoms. The van der Waals surface area contributed by atoms with Crippen molar-refractivity contribution >= 4 is 5.97 Å². The van der Waals surface area contributed by atoms with Crippen LogP contribution < -0.4 is 4.90 Å². The minimum absolute atomic E-state index is 0.116. The van der Waals surface area contributed by atoms with Crippen molar-refractivity contribution in [3.63, 3.8) is 0 Å². The average Bonchev–Trinajstić information content (AvgIpc) is 2.93. The van der Waals surface area contributed by atoms with E-state index in [0.29, 0.717) is 19.1 Å². The SMILES string of the molecule is CCOC(=O)C[NH+](Cc1cccn1Cc1cccc(C)c1)CC(C)C. The van der Waals surface area contributed by atoms with E-state index in [1.807, 2.05) is 6.92 Å². The molecule has 4 nitrogen and oxygen atoms in total. The van der Waals surface area contributed by atoms with E-state index in [1.165, 1.54) is 21.7 Å². The van der Waals surface area contributed by atoms with Crippen LogP contribution in [-0.2, 0) is 22.6 Å². The number of aryl methyl sites for hydroxylation is 1. The molecule has 2 aromatic rings. The van der Waals surface area contributed by atoms with Gasteiger partial charge < -0.3 is 14.2 Å². The summed E-state index contributed by atoms with van der Waals surface area (Å²) in [6.07, 6.45) is 2.12. The van der Waals surface area contributed by atoms with Gasteiger partial charge in [-0.05, 0) is 31.5 Å². The number of nitrogens with one attached hydrogen (secondary N) is 1. The zero-order valence-electron chi connectivity index (χ0n) is 15.9. The fourth-order valence-corrected chi connectivity index (χ4v) is 3.23. The zero-order valence-corrected chi connectivity index (χ0v) is 15.9. The Labute approximate surface area is 151 Å². The Morgan fingerprint density at radius 2 is 2.04 bits per heavy atom. The summed E-state index contributed by atoms with van der Waals surface area (Å²) < 4.78 is 7.42. The first-order valence-electron chi connectivity index (χ1n) is 9.16. The number of rotatable bonds is 9. The summed E-state index contributed by atoms with van der Waals surface area (Å²) >= 11 is 0. The van der Waals surface area contributed by atoms with E-state index in [-0.39, 0.29) is 5.97 Å². The van der Waals surface area contributed by atoms with Crippen LogP contribution in [0.5, 0.6) is 0 Å². The lowest BCUT2D eigenvalue weighted by Crippen LogP contribution is -3.12. The minimum atomic E-state index is -0.116. The lowest BCUT2D eigenvalue weighted by atomic mass is 10.1. The summed E-state index contributed by atoms with van der Waals surface area (Å²) in [4.78, 5) is 13.2. The molecule has 1 unspecified atom stereocenters. The molecule has 0 saturated heterocycles. The minimum Gasteiger partial charge on any atom is -0.462 e. The maximum Gasteiger partial charge on any atom is 0.361 e. The summed E-state index contributed by atoms with van der Waals surface area (Å²) in [5.41, 5.74) is 3.83. The first-order valence-corrected chi connectivity index (χ1v) is 9.16. The molecule has 0 aliphatic rings. The number of esters is 1. The Bertz CT molecular complexity index is 676. The maximum atomic E-state index is 11.9. The van der Waals surface area contributed by atoms with Gasteiger partial charge in [0.05, 0.1) is 18.8 Å². The summed E-state index contributed by atoms with van der Waals surface area (Å²) in [6, 6.07) is 12.8. The fourth-order valence-electron chi connectivity index (χ4n) is 3.23. The highest BCUT2D eigenvalue weighted by Gasteiger charge is 2.18. The van der Waals surface area contributed by atoms with E-state index in [0.717, 1.165) is 19.6 Å². The van der Waals surface area contributed by atoms with E-state index in [9.17, 15) is 4.79 Å². The number of hydrogen-bond acceptors (Lipinski definition) is 2. The van der Waals surface area contributed by atoms with Crippen LogP contribution in [0.2, 0.25) is 0 Å². The summed E-state index contributed by atoms with van der Waals surface area (Å²) in [6.45, 7) is 11.9. The van der Waals surface area contributed by atoms with Crippen molar-refractivity contribution in [2.75, 3.05) is 19.7 Å². The Morgan fingerprint density at radius 1 is 1.24 bits per heavy atom. The van der Waals surface area contributed by atoms with Gasteiger partial charge in [-0.15, -0.1) is 0 Å². The van der Waals surface area contributed by atoms with Crippen molar-refractivity contribution in [3.8, 4) is 0 Å². The molecule has 0 fully saturated rings. The quantitative estimate of drug-likeness (QED) is 0.710. The second kappa shape index (κ2) is 9.42. The molecule has 0 bridgehead atoms. The lowest BCUT2D eigenvalue weighted by Gasteiger charge is -2.21. The normalized spacial score (nSPS) is 12.4. The molecule has 1 aromatic carbocycles. The molecule has 0 radical (unpaired) electrons. The summed E-state index contributed by atoms with van der Waals surface area (Å²) in [5, 5.41) is 0. The van der Waals surface area contributed by atoms with Crippen molar-refractivity contribution in [3.05, 3.63) is 59.4 Å². The van der Waals surface area contributed by atoms with Crippen LogP contribution in [-0.4, -0.2) is 30.2 Å². The fraction of sp³-hybridized carbons (Fsp3) is 0.476. The van der Waals surface area contributed by atoms with Crippen LogP contribution in [0.3, 0.4) is 0 Å². The molecule has 1 heterocycles. The Kier molecular flexibility index (Phi) is 7.26. The molecule has 0 saturated carbocycles. The molecule has 4 heteroatoms. The van der Waals surface area contributed by atoms with Gasteiger partial charge in [0.15, 0.2) is 6.54 Å². The monoisotopic (exact) mass is 343 g/mol. The molecule has 0 aliphatic heterocycles. The number of carbonyl (C=O) groups is 1. The Hall–Kier alpha value is -2.07. The third-order valence-electron chi connectivity index (χ3n) is 4.19. The Morgan fingerprint density at radius 3 is 2.72 bits per heavy atom. The highest BCUT2D eigenvalue weighted by atomic mass is 16.5. The third-order valence-corrected chi connectivity index (χ3v) is 4.19. The number of quaternary nitrogens is 1. The maximum absolute atomic E-state index is 11.9. The van der Waals surface area contributed by atoms with E-state index in [4.69, 9.17) is 4.74 Å². The highest BCUT2D eigenvalue weighted by molar-refractivity contribution is 5.70. The summed E-state index contributed by atoms with van der Waals surface area (Å²) in [5.74, 6) is 0.416. The van der Waals surface area contributed by atoms with Crippen LogP contribution in [0, 0.1) is 12.8 Å². The molecular weight excluding hydrogens is 312 g/mol. The predicted octanol–water partition coefficient (Wildman–Crippen LogP) is 2.45. The molecular formula is C21H31N2O2+. The topological polar surface area (TPSA) is 35.7 Å². The number of nitrogens with zero attached hydrogens (tertiary/aromatic N) is 1. The third kappa shape index (κ3) is 6.39. The van der Waals surface area contributed by atoms with Gasteiger partial charge in [0.2, 0.25) is 0 Å². The van der Waals surface area contributed by atoms with Gasteiger partial charge in [-0.1, -0.05) is 43.7 Å².